The van der Waals surface area contributed by atoms with Crippen LogP contribution in [-0.2, 0) is 11.3 Å². The lowest BCUT2D eigenvalue weighted by Crippen LogP contribution is -2.14. The predicted octanol–water partition coefficient (Wildman–Crippen LogP) is 1.40. The molecule has 22 heavy (non-hydrogen) atoms. The van der Waals surface area contributed by atoms with E-state index in [2.05, 4.69) is 15.4 Å². The van der Waals surface area contributed by atoms with Gasteiger partial charge in [-0.1, -0.05) is 0 Å². The van der Waals surface area contributed by atoms with Crippen molar-refractivity contribution in [2.45, 2.75) is 26.5 Å². The van der Waals surface area contributed by atoms with E-state index in [0.717, 1.165) is 4.68 Å². The van der Waals surface area contributed by atoms with Crippen LogP contribution in [0.25, 0.3) is 0 Å². The highest BCUT2D eigenvalue weighted by atomic mass is 16.5. The molecular formula is C14H16N4O4. The molecule has 8 nitrogen and oxygen atoms in total. The normalized spacial score (nSPS) is 10.5. The number of hydrogen-bond donors (Lipinski definition) is 2. The lowest BCUT2D eigenvalue weighted by Gasteiger charge is -2.09. The number of aliphatic carboxylic acids is 1. The molecule has 0 aliphatic rings. The number of nitrogens with one attached hydrogen (secondary N) is 1. The molecule has 2 aromatic rings. The topological polar surface area (TPSA) is 106 Å². The van der Waals surface area contributed by atoms with E-state index < -0.39 is 5.97 Å². The number of nitrogens with zero attached hydrogens (tertiary/aromatic N) is 3. The van der Waals surface area contributed by atoms with Gasteiger partial charge in [0.05, 0.1) is 6.10 Å². The van der Waals surface area contributed by atoms with E-state index in [1.807, 2.05) is 13.8 Å². The van der Waals surface area contributed by atoms with Crippen LogP contribution in [0.1, 0.15) is 24.2 Å². The molecule has 0 saturated carbocycles. The third-order valence-electron chi connectivity index (χ3n) is 2.55. The van der Waals surface area contributed by atoms with Gasteiger partial charge in [0.1, 0.15) is 18.6 Å². The molecule has 1 aromatic heterocycles. The monoisotopic (exact) mass is 304 g/mol. The fraction of sp³-hybridized carbons (Fsp3) is 0.286. The maximum atomic E-state index is 12.0. The van der Waals surface area contributed by atoms with Crippen molar-refractivity contribution in [2.24, 2.45) is 0 Å². The Kier molecular flexibility index (Phi) is 4.72. The summed E-state index contributed by atoms with van der Waals surface area (Å²) in [5.74, 6) is -0.697. The number of hydrogen-bond acceptors (Lipinski definition) is 5. The second-order valence-corrected chi connectivity index (χ2v) is 4.80. The molecular weight excluding hydrogens is 288 g/mol. The Bertz CT molecular complexity index is 664. The van der Waals surface area contributed by atoms with Crippen LogP contribution in [0.5, 0.6) is 5.75 Å². The van der Waals surface area contributed by atoms with Gasteiger partial charge >= 0.3 is 5.97 Å². The largest absolute Gasteiger partial charge is 0.491 e. The summed E-state index contributed by atoms with van der Waals surface area (Å²) in [6, 6.07) is 6.65. The zero-order valence-electron chi connectivity index (χ0n) is 12.2. The second-order valence-electron chi connectivity index (χ2n) is 4.80. The van der Waals surface area contributed by atoms with Gasteiger partial charge in [0.15, 0.2) is 0 Å². The minimum absolute atomic E-state index is 0.0498. The predicted molar refractivity (Wildman–Crippen MR) is 77.8 cm³/mol. The van der Waals surface area contributed by atoms with E-state index >= 15 is 0 Å². The average Bonchev–Trinajstić information content (AvgIpc) is 2.85. The summed E-state index contributed by atoms with van der Waals surface area (Å²) in [6.45, 7) is 3.52. The summed E-state index contributed by atoms with van der Waals surface area (Å²) < 4.78 is 6.61. The number of carbonyl (C=O) groups is 2. The van der Waals surface area contributed by atoms with Crippen molar-refractivity contribution in [1.82, 2.24) is 14.8 Å². The van der Waals surface area contributed by atoms with Crippen molar-refractivity contribution in [3.05, 3.63) is 36.2 Å². The fourth-order valence-corrected chi connectivity index (χ4v) is 1.70. The number of aromatic nitrogens is 3. The first-order valence-corrected chi connectivity index (χ1v) is 6.63. The molecule has 0 spiro atoms. The zero-order chi connectivity index (χ0) is 16.1. The third kappa shape index (κ3) is 4.30. The van der Waals surface area contributed by atoms with Crippen LogP contribution in [0.2, 0.25) is 0 Å². The van der Waals surface area contributed by atoms with Crippen LogP contribution in [0, 0.1) is 0 Å². The maximum Gasteiger partial charge on any atom is 0.325 e. The smallest absolute Gasteiger partial charge is 0.325 e. The second kappa shape index (κ2) is 6.70. The Hall–Kier alpha value is -2.90. The number of carbonyl (C=O) groups excluding carboxylic acids is 1. The molecule has 0 atom stereocenters. The highest BCUT2D eigenvalue weighted by Crippen LogP contribution is 2.14. The molecule has 2 N–H and O–H groups in total. The average molecular weight is 304 g/mol. The summed E-state index contributed by atoms with van der Waals surface area (Å²) in [5, 5.41) is 15.0. The van der Waals surface area contributed by atoms with Gasteiger partial charge in [0.25, 0.3) is 5.91 Å². The summed E-state index contributed by atoms with van der Waals surface area (Å²) in [4.78, 5) is 26.4. The van der Waals surface area contributed by atoms with Crippen LogP contribution in [0.15, 0.2) is 30.6 Å². The van der Waals surface area contributed by atoms with Crippen LogP contribution in [-0.4, -0.2) is 37.9 Å². The number of anilines is 1. The lowest BCUT2D eigenvalue weighted by atomic mass is 10.2. The minimum atomic E-state index is -1.04. The lowest BCUT2D eigenvalue weighted by molar-refractivity contribution is -0.137. The SMILES string of the molecule is CC(C)Oc1ccc(C(=O)Nc2ncn(CC(=O)O)n2)cc1. The molecule has 1 heterocycles. The maximum absolute atomic E-state index is 12.0. The summed E-state index contributed by atoms with van der Waals surface area (Å²) in [7, 11) is 0. The van der Waals surface area contributed by atoms with Gasteiger partial charge in [0.2, 0.25) is 5.95 Å². The van der Waals surface area contributed by atoms with E-state index in [-0.39, 0.29) is 24.5 Å². The van der Waals surface area contributed by atoms with E-state index in [4.69, 9.17) is 9.84 Å². The molecule has 2 rings (SSSR count). The van der Waals surface area contributed by atoms with Gasteiger partial charge in [-0.05, 0) is 38.1 Å². The molecule has 0 aliphatic carbocycles. The zero-order valence-corrected chi connectivity index (χ0v) is 12.2. The van der Waals surface area contributed by atoms with Gasteiger partial charge in [-0.25, -0.2) is 9.67 Å². The number of benzene rings is 1. The van der Waals surface area contributed by atoms with E-state index in [1.54, 1.807) is 24.3 Å². The first-order valence-electron chi connectivity index (χ1n) is 6.63. The number of amides is 1. The van der Waals surface area contributed by atoms with Crippen molar-refractivity contribution in [3.8, 4) is 5.75 Å². The van der Waals surface area contributed by atoms with E-state index in [1.165, 1.54) is 6.33 Å². The number of carboxylic acid groups (broad SMARTS) is 1. The highest BCUT2D eigenvalue weighted by Gasteiger charge is 2.10. The minimum Gasteiger partial charge on any atom is -0.491 e. The van der Waals surface area contributed by atoms with Crippen molar-refractivity contribution < 1.29 is 19.4 Å². The van der Waals surface area contributed by atoms with E-state index in [0.29, 0.717) is 11.3 Å². The Morgan fingerprint density at radius 1 is 1.32 bits per heavy atom. The van der Waals surface area contributed by atoms with Gasteiger partial charge in [-0.2, -0.15) is 0 Å². The van der Waals surface area contributed by atoms with Crippen molar-refractivity contribution >= 4 is 17.8 Å². The molecule has 0 radical (unpaired) electrons. The molecule has 8 heteroatoms. The molecule has 0 saturated heterocycles. The summed E-state index contributed by atoms with van der Waals surface area (Å²) in [5.41, 5.74) is 0.422. The first kappa shape index (κ1) is 15.5. The van der Waals surface area contributed by atoms with Crippen LogP contribution in [0.4, 0.5) is 5.95 Å². The molecule has 1 aromatic carbocycles. The molecule has 1 amide bonds. The number of rotatable bonds is 6. The summed E-state index contributed by atoms with van der Waals surface area (Å²) in [6.07, 6.45) is 1.30. The number of ether oxygens (including phenoxy) is 1. The number of carboxylic acids is 1. The third-order valence-corrected chi connectivity index (χ3v) is 2.55. The van der Waals surface area contributed by atoms with Crippen LogP contribution < -0.4 is 10.1 Å². The molecule has 0 fully saturated rings. The van der Waals surface area contributed by atoms with Gasteiger partial charge < -0.3 is 9.84 Å². The Morgan fingerprint density at radius 2 is 2.00 bits per heavy atom. The quantitative estimate of drug-likeness (QED) is 0.835. The van der Waals surface area contributed by atoms with Gasteiger partial charge in [0, 0.05) is 5.56 Å². The molecule has 0 unspecified atom stereocenters. The fourth-order valence-electron chi connectivity index (χ4n) is 1.70. The Morgan fingerprint density at radius 3 is 2.59 bits per heavy atom. The van der Waals surface area contributed by atoms with Gasteiger partial charge in [-0.15, -0.1) is 5.10 Å². The van der Waals surface area contributed by atoms with Crippen molar-refractivity contribution in [3.63, 3.8) is 0 Å². The van der Waals surface area contributed by atoms with Crippen molar-refractivity contribution in [2.75, 3.05) is 5.32 Å². The molecule has 116 valence electrons. The summed E-state index contributed by atoms with van der Waals surface area (Å²) >= 11 is 0. The Balaban J connectivity index is 1.99. The molecule has 0 aliphatic heterocycles. The van der Waals surface area contributed by atoms with Gasteiger partial charge in [-0.3, -0.25) is 14.9 Å². The standard InChI is InChI=1S/C14H16N4O4/c1-9(2)22-11-5-3-10(4-6-11)13(21)16-14-15-8-18(17-14)7-12(19)20/h3-6,8-9H,7H2,1-2H3,(H,19,20)(H,16,17,21). The first-order chi connectivity index (χ1) is 10.4. The highest BCUT2D eigenvalue weighted by molar-refractivity contribution is 6.03. The van der Waals surface area contributed by atoms with Crippen LogP contribution in [0.3, 0.4) is 0 Å². The van der Waals surface area contributed by atoms with E-state index in [9.17, 15) is 9.59 Å². The van der Waals surface area contributed by atoms with Crippen molar-refractivity contribution in [1.29, 1.82) is 0 Å². The van der Waals surface area contributed by atoms with Crippen LogP contribution >= 0.6 is 0 Å². The molecule has 0 bridgehead atoms. The Labute approximate surface area is 126 Å².